The molecule has 1 aliphatic rings. The Kier molecular flexibility index (Phi) is 5.34. The van der Waals surface area contributed by atoms with Crippen LogP contribution in [0.5, 0.6) is 17.2 Å². The number of carbonyl (C=O) groups is 1. The zero-order valence-corrected chi connectivity index (χ0v) is 17.0. The highest BCUT2D eigenvalue weighted by Crippen LogP contribution is 2.39. The summed E-state index contributed by atoms with van der Waals surface area (Å²) in [5, 5.41) is 4.24. The van der Waals surface area contributed by atoms with Crippen LogP contribution in [0.15, 0.2) is 42.6 Å². The lowest BCUT2D eigenvalue weighted by Crippen LogP contribution is -2.27. The third-order valence-corrected chi connectivity index (χ3v) is 5.63. The van der Waals surface area contributed by atoms with E-state index in [0.29, 0.717) is 18.7 Å². The Labute approximate surface area is 170 Å². The molecule has 0 saturated heterocycles. The summed E-state index contributed by atoms with van der Waals surface area (Å²) in [5.74, 6) is 2.31. The third-order valence-electron chi connectivity index (χ3n) is 5.63. The van der Waals surface area contributed by atoms with Crippen LogP contribution in [0.3, 0.4) is 0 Å². The lowest BCUT2D eigenvalue weighted by atomic mass is 10.1. The first kappa shape index (κ1) is 19.2. The molecule has 29 heavy (non-hydrogen) atoms. The second-order valence-corrected chi connectivity index (χ2v) is 7.22. The van der Waals surface area contributed by atoms with E-state index in [1.54, 1.807) is 21.3 Å². The molecular weight excluding hydrogens is 368 g/mol. The number of aromatic nitrogens is 1. The smallest absolute Gasteiger partial charge is 0.222 e. The number of aryl methyl sites for hydroxylation is 2. The number of carbonyl (C=O) groups excluding carboxylic acids is 1. The van der Waals surface area contributed by atoms with Crippen LogP contribution in [-0.2, 0) is 17.8 Å². The monoisotopic (exact) mass is 394 g/mol. The first-order valence-corrected chi connectivity index (χ1v) is 9.80. The van der Waals surface area contributed by atoms with E-state index >= 15 is 0 Å². The highest BCUT2D eigenvalue weighted by atomic mass is 16.5. The topological polar surface area (TPSA) is 61.7 Å². The van der Waals surface area contributed by atoms with E-state index in [-0.39, 0.29) is 11.9 Å². The molecule has 0 unspecified atom stereocenters. The molecule has 1 amide bonds. The number of rotatable bonds is 7. The van der Waals surface area contributed by atoms with Crippen molar-refractivity contribution in [1.29, 1.82) is 0 Å². The Bertz CT molecular complexity index is 1040. The van der Waals surface area contributed by atoms with Crippen LogP contribution >= 0.6 is 0 Å². The maximum atomic E-state index is 12.6. The van der Waals surface area contributed by atoms with Crippen molar-refractivity contribution < 1.29 is 19.0 Å². The van der Waals surface area contributed by atoms with Crippen LogP contribution < -0.4 is 19.5 Å². The van der Waals surface area contributed by atoms with E-state index in [9.17, 15) is 4.79 Å². The van der Waals surface area contributed by atoms with Gasteiger partial charge in [0.15, 0.2) is 11.5 Å². The second-order valence-electron chi connectivity index (χ2n) is 7.22. The van der Waals surface area contributed by atoms with Crippen molar-refractivity contribution in [3.05, 3.63) is 53.7 Å². The summed E-state index contributed by atoms with van der Waals surface area (Å²) in [6.45, 7) is 0.619. The van der Waals surface area contributed by atoms with Gasteiger partial charge in [-0.3, -0.25) is 4.79 Å². The molecule has 1 heterocycles. The number of benzene rings is 2. The van der Waals surface area contributed by atoms with Crippen LogP contribution in [0.25, 0.3) is 10.9 Å². The molecule has 0 bridgehead atoms. The molecule has 4 rings (SSSR count). The van der Waals surface area contributed by atoms with Gasteiger partial charge in [-0.2, -0.15) is 0 Å². The molecule has 0 radical (unpaired) electrons. The number of methoxy groups -OCH3 is 3. The summed E-state index contributed by atoms with van der Waals surface area (Å²) in [6.07, 6.45) is 4.23. The maximum Gasteiger partial charge on any atom is 0.222 e. The van der Waals surface area contributed by atoms with Crippen molar-refractivity contribution in [2.75, 3.05) is 21.3 Å². The number of ether oxygens (including phenoxy) is 3. The van der Waals surface area contributed by atoms with Crippen LogP contribution in [0.2, 0.25) is 0 Å². The predicted molar refractivity (Wildman–Crippen MR) is 112 cm³/mol. The molecule has 152 valence electrons. The fourth-order valence-electron chi connectivity index (χ4n) is 4.14. The summed E-state index contributed by atoms with van der Waals surface area (Å²) in [6, 6.07) is 12.0. The minimum Gasteiger partial charge on any atom is -0.496 e. The average Bonchev–Trinajstić information content (AvgIpc) is 3.34. The van der Waals surface area contributed by atoms with E-state index in [1.165, 1.54) is 5.56 Å². The molecule has 0 spiro atoms. The van der Waals surface area contributed by atoms with Crippen molar-refractivity contribution in [1.82, 2.24) is 9.88 Å². The average molecular weight is 394 g/mol. The molecule has 6 nitrogen and oxygen atoms in total. The summed E-state index contributed by atoms with van der Waals surface area (Å²) >= 11 is 0. The Morgan fingerprint density at radius 1 is 1.07 bits per heavy atom. The largest absolute Gasteiger partial charge is 0.496 e. The van der Waals surface area contributed by atoms with Crippen LogP contribution in [0, 0.1) is 0 Å². The van der Waals surface area contributed by atoms with Gasteiger partial charge in [0.2, 0.25) is 5.91 Å². The molecule has 0 fully saturated rings. The Morgan fingerprint density at radius 2 is 1.83 bits per heavy atom. The van der Waals surface area contributed by atoms with Crippen molar-refractivity contribution in [3.63, 3.8) is 0 Å². The van der Waals surface area contributed by atoms with Gasteiger partial charge in [0, 0.05) is 24.5 Å². The van der Waals surface area contributed by atoms with Gasteiger partial charge in [-0.25, -0.2) is 0 Å². The quantitative estimate of drug-likeness (QED) is 0.661. The summed E-state index contributed by atoms with van der Waals surface area (Å²) in [5.41, 5.74) is 3.39. The number of hydrogen-bond acceptors (Lipinski definition) is 4. The minimum absolute atomic E-state index is 0.0128. The highest BCUT2D eigenvalue weighted by Gasteiger charge is 2.26. The number of amides is 1. The fraction of sp³-hybridized carbons (Fsp3) is 0.348. The normalized spacial score (nSPS) is 15.2. The van der Waals surface area contributed by atoms with Crippen molar-refractivity contribution in [2.24, 2.45) is 0 Å². The Morgan fingerprint density at radius 3 is 2.59 bits per heavy atom. The van der Waals surface area contributed by atoms with Gasteiger partial charge in [0.1, 0.15) is 5.75 Å². The third kappa shape index (κ3) is 3.62. The molecule has 1 aliphatic carbocycles. The zero-order chi connectivity index (χ0) is 20.4. The van der Waals surface area contributed by atoms with Crippen LogP contribution in [0.4, 0.5) is 0 Å². The van der Waals surface area contributed by atoms with E-state index < -0.39 is 0 Å². The molecule has 2 aromatic carbocycles. The Balaban J connectivity index is 1.43. The van der Waals surface area contributed by atoms with E-state index in [1.807, 2.05) is 42.6 Å². The molecule has 1 atom stereocenters. The maximum absolute atomic E-state index is 12.6. The highest BCUT2D eigenvalue weighted by molar-refractivity contribution is 5.86. The van der Waals surface area contributed by atoms with Gasteiger partial charge >= 0.3 is 0 Å². The van der Waals surface area contributed by atoms with Gasteiger partial charge < -0.3 is 24.1 Å². The number of hydrogen-bond donors (Lipinski definition) is 1. The Hall–Kier alpha value is -3.15. The summed E-state index contributed by atoms with van der Waals surface area (Å²) in [7, 11) is 4.94. The molecule has 1 aromatic heterocycles. The van der Waals surface area contributed by atoms with Crippen LogP contribution in [0.1, 0.15) is 30.0 Å². The van der Waals surface area contributed by atoms with Gasteiger partial charge in [-0.15, -0.1) is 0 Å². The van der Waals surface area contributed by atoms with Crippen molar-refractivity contribution in [3.8, 4) is 17.2 Å². The molecule has 3 aromatic rings. The molecule has 1 N–H and O–H groups in total. The van der Waals surface area contributed by atoms with Gasteiger partial charge in [-0.05, 0) is 54.3 Å². The minimum atomic E-state index is 0.0128. The summed E-state index contributed by atoms with van der Waals surface area (Å²) in [4.78, 5) is 12.6. The standard InChI is InChI=1S/C23H26N2O4/c1-27-20-6-4-5-19-16(20)9-11-25(19)12-10-23(26)24-18-8-7-15-13-21(28-2)22(29-3)14-17(15)18/h4-6,9,11,13-14,18H,7-8,10,12H2,1-3H3,(H,24,26)/t18-/m0/s1. The lowest BCUT2D eigenvalue weighted by molar-refractivity contribution is -0.122. The first-order valence-electron chi connectivity index (χ1n) is 9.80. The van der Waals surface area contributed by atoms with E-state index in [2.05, 4.69) is 9.88 Å². The predicted octanol–water partition coefficient (Wildman–Crippen LogP) is 3.86. The van der Waals surface area contributed by atoms with Crippen molar-refractivity contribution >= 4 is 16.8 Å². The molecule has 0 aliphatic heterocycles. The van der Waals surface area contributed by atoms with Gasteiger partial charge in [-0.1, -0.05) is 6.07 Å². The lowest BCUT2D eigenvalue weighted by Gasteiger charge is -2.16. The second kappa shape index (κ2) is 8.07. The summed E-state index contributed by atoms with van der Waals surface area (Å²) < 4.78 is 18.3. The van der Waals surface area contributed by atoms with E-state index in [0.717, 1.165) is 40.8 Å². The van der Waals surface area contributed by atoms with E-state index in [4.69, 9.17) is 14.2 Å². The van der Waals surface area contributed by atoms with Gasteiger partial charge in [0.05, 0.1) is 32.9 Å². The fourth-order valence-corrected chi connectivity index (χ4v) is 4.14. The first-order chi connectivity index (χ1) is 14.1. The SMILES string of the molecule is COc1cc2c(cc1OC)[C@@H](NC(=O)CCn1ccc3c(OC)cccc31)CC2. The van der Waals surface area contributed by atoms with Crippen molar-refractivity contribution in [2.45, 2.75) is 31.8 Å². The molecule has 0 saturated carbocycles. The van der Waals surface area contributed by atoms with Crippen LogP contribution in [-0.4, -0.2) is 31.8 Å². The number of nitrogens with zero attached hydrogens (tertiary/aromatic N) is 1. The number of nitrogens with one attached hydrogen (secondary N) is 1. The molecular formula is C23H26N2O4. The zero-order valence-electron chi connectivity index (χ0n) is 17.0. The number of fused-ring (bicyclic) bond motifs is 2. The van der Waals surface area contributed by atoms with Gasteiger partial charge in [0.25, 0.3) is 0 Å². The molecule has 6 heteroatoms.